The first-order valence-electron chi connectivity index (χ1n) is 11.8. The highest BCUT2D eigenvalue weighted by Gasteiger charge is 2.39. The first-order chi connectivity index (χ1) is 15.0. The molecule has 3 atom stereocenters. The Morgan fingerprint density at radius 1 is 0.935 bits per heavy atom. The zero-order valence-electron chi connectivity index (χ0n) is 18.6. The molecule has 6 nitrogen and oxygen atoms in total. The van der Waals surface area contributed by atoms with Gasteiger partial charge in [-0.2, -0.15) is 4.98 Å². The minimum Gasteiger partial charge on any atom is -0.362 e. The zero-order valence-corrected chi connectivity index (χ0v) is 19.4. The van der Waals surface area contributed by atoms with Crippen molar-refractivity contribution in [3.63, 3.8) is 0 Å². The predicted octanol–water partition coefficient (Wildman–Crippen LogP) is 4.07. The molecule has 3 aliphatic carbocycles. The van der Waals surface area contributed by atoms with E-state index in [1.807, 2.05) is 26.2 Å². The lowest BCUT2D eigenvalue weighted by molar-refractivity contribution is 0.369. The average Bonchev–Trinajstić information content (AvgIpc) is 3.37. The van der Waals surface area contributed by atoms with Crippen LogP contribution in [0.25, 0.3) is 10.9 Å². The predicted molar refractivity (Wildman–Crippen MR) is 132 cm³/mol. The Morgan fingerprint density at radius 3 is 2.42 bits per heavy atom. The highest BCUT2D eigenvalue weighted by molar-refractivity contribution is 7.80. The van der Waals surface area contributed by atoms with E-state index in [0.29, 0.717) is 18.1 Å². The van der Waals surface area contributed by atoms with E-state index in [1.54, 1.807) is 0 Å². The maximum absolute atomic E-state index is 5.64. The van der Waals surface area contributed by atoms with Crippen LogP contribution in [0.4, 0.5) is 11.8 Å². The van der Waals surface area contributed by atoms with Gasteiger partial charge in [-0.15, -0.1) is 0 Å². The first kappa shape index (κ1) is 20.7. The number of para-hydroxylation sites is 1. The van der Waals surface area contributed by atoms with E-state index in [2.05, 4.69) is 33.0 Å². The second-order valence-corrected chi connectivity index (χ2v) is 10.3. The molecular formula is C24H34N6S. The molecule has 1 aromatic heterocycles. The van der Waals surface area contributed by atoms with Gasteiger partial charge in [0, 0.05) is 37.6 Å². The van der Waals surface area contributed by atoms with E-state index in [-0.39, 0.29) is 0 Å². The molecule has 3 saturated carbocycles. The Morgan fingerprint density at radius 2 is 1.71 bits per heavy atom. The molecule has 3 aliphatic rings. The Kier molecular flexibility index (Phi) is 5.87. The minimum atomic E-state index is 0.404. The van der Waals surface area contributed by atoms with Crippen LogP contribution in [0, 0.1) is 11.8 Å². The number of nitrogens with zero attached hydrogens (tertiary/aromatic N) is 3. The van der Waals surface area contributed by atoms with Crippen LogP contribution in [0.15, 0.2) is 24.3 Å². The van der Waals surface area contributed by atoms with Crippen molar-refractivity contribution in [2.24, 2.45) is 11.8 Å². The van der Waals surface area contributed by atoms with E-state index in [1.165, 1.54) is 25.7 Å². The van der Waals surface area contributed by atoms with Crippen molar-refractivity contribution in [3.05, 3.63) is 24.3 Å². The molecule has 3 unspecified atom stereocenters. The summed E-state index contributed by atoms with van der Waals surface area (Å²) in [4.78, 5) is 11.6. The van der Waals surface area contributed by atoms with E-state index >= 15 is 0 Å². The largest absolute Gasteiger partial charge is 0.362 e. The average molecular weight is 439 g/mol. The molecule has 0 amide bonds. The van der Waals surface area contributed by atoms with Gasteiger partial charge in [0.25, 0.3) is 0 Å². The Hall–Kier alpha value is -2.15. The van der Waals surface area contributed by atoms with E-state index in [0.717, 1.165) is 65.3 Å². The van der Waals surface area contributed by atoms with Crippen LogP contribution in [0.3, 0.4) is 0 Å². The summed E-state index contributed by atoms with van der Waals surface area (Å²) in [7, 11) is 4.06. The zero-order chi connectivity index (χ0) is 21.4. The fraction of sp³-hybridized carbons (Fsp3) is 0.625. The molecule has 166 valence electrons. The summed E-state index contributed by atoms with van der Waals surface area (Å²) in [6, 6.07) is 9.68. The smallest absolute Gasteiger partial charge is 0.225 e. The molecule has 31 heavy (non-hydrogen) atoms. The van der Waals surface area contributed by atoms with Crippen LogP contribution in [-0.4, -0.2) is 47.3 Å². The van der Waals surface area contributed by atoms with Gasteiger partial charge in [-0.1, -0.05) is 18.6 Å². The lowest BCUT2D eigenvalue weighted by atomic mass is 9.91. The summed E-state index contributed by atoms with van der Waals surface area (Å²) in [6.45, 7) is 0. The molecule has 3 fully saturated rings. The van der Waals surface area contributed by atoms with Crippen molar-refractivity contribution in [1.29, 1.82) is 0 Å². The fourth-order valence-electron chi connectivity index (χ4n) is 5.85. The van der Waals surface area contributed by atoms with E-state index in [4.69, 9.17) is 22.2 Å². The minimum absolute atomic E-state index is 0.404. The summed E-state index contributed by atoms with van der Waals surface area (Å²) in [5.74, 6) is 3.48. The van der Waals surface area contributed by atoms with Gasteiger partial charge >= 0.3 is 0 Å². The molecule has 3 N–H and O–H groups in total. The van der Waals surface area contributed by atoms with Crippen LogP contribution < -0.4 is 20.9 Å². The lowest BCUT2D eigenvalue weighted by Crippen LogP contribution is -2.49. The van der Waals surface area contributed by atoms with Crippen molar-refractivity contribution in [1.82, 2.24) is 20.6 Å². The van der Waals surface area contributed by atoms with Gasteiger partial charge in [-0.3, -0.25) is 0 Å². The van der Waals surface area contributed by atoms with Crippen LogP contribution >= 0.6 is 12.2 Å². The Bertz CT molecular complexity index is 939. The molecule has 1 heterocycles. The normalized spacial score (nSPS) is 29.7. The number of benzene rings is 1. The monoisotopic (exact) mass is 438 g/mol. The number of thiocarbonyl (C=S) groups is 1. The maximum atomic E-state index is 5.64. The van der Waals surface area contributed by atoms with Crippen molar-refractivity contribution < 1.29 is 0 Å². The third kappa shape index (κ3) is 4.56. The van der Waals surface area contributed by atoms with Crippen molar-refractivity contribution in [2.45, 2.75) is 69.5 Å². The fourth-order valence-corrected chi connectivity index (χ4v) is 6.16. The van der Waals surface area contributed by atoms with Gasteiger partial charge in [0.1, 0.15) is 5.82 Å². The van der Waals surface area contributed by atoms with Gasteiger partial charge in [-0.25, -0.2) is 4.98 Å². The topological polar surface area (TPSA) is 65.1 Å². The number of nitrogens with one attached hydrogen (secondary N) is 3. The van der Waals surface area contributed by atoms with Crippen molar-refractivity contribution in [3.8, 4) is 0 Å². The van der Waals surface area contributed by atoms with E-state index < -0.39 is 0 Å². The Balaban J connectivity index is 1.14. The molecule has 0 aliphatic heterocycles. The molecule has 2 aromatic rings. The molecule has 0 saturated heterocycles. The number of fused-ring (bicyclic) bond motifs is 3. The SMILES string of the molecule is CN(C)c1nc(N[C@H]2CC[C@@H](NC(=S)NC3CC4CCC3C4)CC2)nc2ccccc12. The molecular weight excluding hydrogens is 404 g/mol. The first-order valence-corrected chi connectivity index (χ1v) is 12.2. The van der Waals surface area contributed by atoms with Crippen LogP contribution in [0.2, 0.25) is 0 Å². The second-order valence-electron chi connectivity index (χ2n) is 9.87. The highest BCUT2D eigenvalue weighted by atomic mass is 32.1. The molecule has 0 radical (unpaired) electrons. The summed E-state index contributed by atoms with van der Waals surface area (Å²) >= 11 is 5.64. The highest BCUT2D eigenvalue weighted by Crippen LogP contribution is 2.44. The van der Waals surface area contributed by atoms with Crippen molar-refractivity contribution >= 4 is 40.0 Å². The van der Waals surface area contributed by atoms with Crippen molar-refractivity contribution in [2.75, 3.05) is 24.3 Å². The number of rotatable bonds is 5. The third-order valence-electron chi connectivity index (χ3n) is 7.46. The van der Waals surface area contributed by atoms with Gasteiger partial charge in [-0.05, 0) is 81.1 Å². The third-order valence-corrected chi connectivity index (χ3v) is 7.69. The molecule has 0 spiro atoms. The maximum Gasteiger partial charge on any atom is 0.225 e. The number of anilines is 2. The molecule has 7 heteroatoms. The van der Waals surface area contributed by atoms with Crippen LogP contribution in [0.1, 0.15) is 51.4 Å². The Labute approximate surface area is 190 Å². The molecule has 1 aromatic carbocycles. The number of hydrogen-bond acceptors (Lipinski definition) is 5. The van der Waals surface area contributed by atoms with Crippen LogP contribution in [-0.2, 0) is 0 Å². The number of hydrogen-bond donors (Lipinski definition) is 3. The van der Waals surface area contributed by atoms with Gasteiger partial charge in [0.05, 0.1) is 5.52 Å². The second kappa shape index (κ2) is 8.77. The standard InChI is InChI=1S/C24H34N6S/c1-30(2)22-19-5-3-4-6-20(19)27-23(29-22)25-17-9-11-18(12-10-17)26-24(31)28-21-14-15-7-8-16(21)13-15/h3-6,15-18,21H,7-14H2,1-2H3,(H,25,27,29)(H2,26,28,31)/t15?,16?,17-,18+,21?. The van der Waals surface area contributed by atoms with E-state index in [9.17, 15) is 0 Å². The quantitative estimate of drug-likeness (QED) is 0.608. The van der Waals surface area contributed by atoms with Gasteiger partial charge in [0.2, 0.25) is 5.95 Å². The molecule has 5 rings (SSSR count). The summed E-state index contributed by atoms with van der Waals surface area (Å²) < 4.78 is 0. The molecule has 2 bridgehead atoms. The van der Waals surface area contributed by atoms with Gasteiger partial charge < -0.3 is 20.9 Å². The van der Waals surface area contributed by atoms with Gasteiger partial charge in [0.15, 0.2) is 5.11 Å². The summed E-state index contributed by atoms with van der Waals surface area (Å²) in [5, 5.41) is 12.8. The summed E-state index contributed by atoms with van der Waals surface area (Å²) in [5.41, 5.74) is 0.982. The lowest BCUT2D eigenvalue weighted by Gasteiger charge is -2.32. The van der Waals surface area contributed by atoms with Crippen LogP contribution in [0.5, 0.6) is 0 Å². The summed E-state index contributed by atoms with van der Waals surface area (Å²) in [6.07, 6.45) is 9.96. The number of aromatic nitrogens is 2.